The number of para-hydroxylation sites is 1. The minimum atomic E-state index is 0.451. The van der Waals surface area contributed by atoms with Gasteiger partial charge in [0.25, 0.3) is 0 Å². The highest BCUT2D eigenvalue weighted by atomic mass is 16.5. The molecular weight excluding hydrogens is 400 g/mol. The molecule has 5 rings (SSSR count). The van der Waals surface area contributed by atoms with Crippen LogP contribution >= 0.6 is 0 Å². The lowest BCUT2D eigenvalue weighted by atomic mass is 9.88. The van der Waals surface area contributed by atoms with Crippen molar-refractivity contribution in [1.29, 1.82) is 0 Å². The van der Waals surface area contributed by atoms with Crippen molar-refractivity contribution >= 4 is 5.65 Å². The average molecular weight is 435 g/mol. The lowest BCUT2D eigenvalue weighted by Gasteiger charge is -2.34. The Morgan fingerprint density at radius 1 is 0.938 bits per heavy atom. The van der Waals surface area contributed by atoms with Gasteiger partial charge in [0.2, 0.25) is 0 Å². The van der Waals surface area contributed by atoms with Crippen molar-refractivity contribution in [3.63, 3.8) is 0 Å². The first-order valence-electron chi connectivity index (χ1n) is 12.0. The SMILES string of the molecule is COc1cccc(-c2ccc3nc(C4CCN(CC5CCCCC5)CC4)nn3c2)c1OC. The number of hydrogen-bond donors (Lipinski definition) is 0. The third kappa shape index (κ3) is 4.33. The highest BCUT2D eigenvalue weighted by Gasteiger charge is 2.26. The van der Waals surface area contributed by atoms with E-state index in [-0.39, 0.29) is 0 Å². The summed E-state index contributed by atoms with van der Waals surface area (Å²) in [5.74, 6) is 3.81. The third-order valence-electron chi connectivity index (χ3n) is 7.26. The van der Waals surface area contributed by atoms with Gasteiger partial charge < -0.3 is 14.4 Å². The molecule has 1 saturated carbocycles. The monoisotopic (exact) mass is 434 g/mol. The molecule has 2 aliphatic rings. The Labute approximate surface area is 190 Å². The molecule has 1 saturated heterocycles. The maximum atomic E-state index is 5.62. The molecule has 1 aliphatic carbocycles. The molecule has 0 atom stereocenters. The fourth-order valence-corrected chi connectivity index (χ4v) is 5.46. The molecule has 0 N–H and O–H groups in total. The van der Waals surface area contributed by atoms with E-state index >= 15 is 0 Å². The summed E-state index contributed by atoms with van der Waals surface area (Å²) in [5.41, 5.74) is 2.92. The quantitative estimate of drug-likeness (QED) is 0.535. The number of methoxy groups -OCH3 is 2. The van der Waals surface area contributed by atoms with Gasteiger partial charge >= 0.3 is 0 Å². The van der Waals surface area contributed by atoms with Crippen LogP contribution in [0, 0.1) is 5.92 Å². The molecule has 2 fully saturated rings. The van der Waals surface area contributed by atoms with Crippen molar-refractivity contribution < 1.29 is 9.47 Å². The second kappa shape index (κ2) is 9.49. The van der Waals surface area contributed by atoms with Gasteiger partial charge in [-0.15, -0.1) is 0 Å². The topological polar surface area (TPSA) is 51.9 Å². The summed E-state index contributed by atoms with van der Waals surface area (Å²) in [5, 5.41) is 4.88. The molecule has 2 aromatic heterocycles. The molecule has 1 aromatic carbocycles. The number of hydrogen-bond acceptors (Lipinski definition) is 5. The highest BCUT2D eigenvalue weighted by molar-refractivity contribution is 5.74. The van der Waals surface area contributed by atoms with Gasteiger partial charge in [0.05, 0.1) is 14.2 Å². The van der Waals surface area contributed by atoms with E-state index in [9.17, 15) is 0 Å². The van der Waals surface area contributed by atoms with Gasteiger partial charge in [-0.05, 0) is 62.9 Å². The standard InChI is InChI=1S/C26H34N4O2/c1-31-23-10-6-9-22(25(23)32-2)21-11-12-24-27-26(28-30(24)18-21)20-13-15-29(16-14-20)17-19-7-4-3-5-8-19/h6,9-12,18-20H,3-5,7-8,13-17H2,1-2H3. The Morgan fingerprint density at radius 3 is 2.50 bits per heavy atom. The number of ether oxygens (including phenoxy) is 2. The van der Waals surface area contributed by atoms with Crippen LogP contribution < -0.4 is 9.47 Å². The number of likely N-dealkylation sites (tertiary alicyclic amines) is 1. The minimum Gasteiger partial charge on any atom is -0.493 e. The van der Waals surface area contributed by atoms with Gasteiger partial charge in [-0.25, -0.2) is 9.50 Å². The Kier molecular flexibility index (Phi) is 6.30. The van der Waals surface area contributed by atoms with Crippen LogP contribution in [-0.4, -0.2) is 53.4 Å². The van der Waals surface area contributed by atoms with Crippen molar-refractivity contribution in [2.45, 2.75) is 50.9 Å². The summed E-state index contributed by atoms with van der Waals surface area (Å²) in [6.07, 6.45) is 11.5. The molecule has 3 heterocycles. The summed E-state index contributed by atoms with van der Waals surface area (Å²) in [4.78, 5) is 7.54. The minimum absolute atomic E-state index is 0.451. The van der Waals surface area contributed by atoms with E-state index in [4.69, 9.17) is 19.6 Å². The molecule has 0 radical (unpaired) electrons. The van der Waals surface area contributed by atoms with Crippen LogP contribution in [0.1, 0.15) is 56.7 Å². The van der Waals surface area contributed by atoms with E-state index in [1.54, 1.807) is 14.2 Å². The summed E-state index contributed by atoms with van der Waals surface area (Å²) < 4.78 is 13.0. The second-order valence-corrected chi connectivity index (χ2v) is 9.31. The first kappa shape index (κ1) is 21.3. The van der Waals surface area contributed by atoms with Crippen molar-refractivity contribution in [1.82, 2.24) is 19.5 Å². The molecule has 6 nitrogen and oxygen atoms in total. The smallest absolute Gasteiger partial charge is 0.168 e. The molecule has 170 valence electrons. The van der Waals surface area contributed by atoms with Crippen LogP contribution in [0.3, 0.4) is 0 Å². The summed E-state index contributed by atoms with van der Waals surface area (Å²) >= 11 is 0. The van der Waals surface area contributed by atoms with Gasteiger partial charge in [0.1, 0.15) is 0 Å². The summed E-state index contributed by atoms with van der Waals surface area (Å²) in [6.45, 7) is 3.63. The Balaban J connectivity index is 1.30. The van der Waals surface area contributed by atoms with E-state index in [2.05, 4.69) is 11.0 Å². The van der Waals surface area contributed by atoms with E-state index in [1.807, 2.05) is 35.0 Å². The number of pyridine rings is 1. The van der Waals surface area contributed by atoms with Crippen molar-refractivity contribution in [3.05, 3.63) is 42.4 Å². The molecular formula is C26H34N4O2. The molecule has 32 heavy (non-hydrogen) atoms. The van der Waals surface area contributed by atoms with Gasteiger partial charge in [0.15, 0.2) is 23.0 Å². The first-order chi connectivity index (χ1) is 15.7. The van der Waals surface area contributed by atoms with Gasteiger partial charge in [-0.2, -0.15) is 5.10 Å². The van der Waals surface area contributed by atoms with Gasteiger partial charge in [0, 0.05) is 29.8 Å². The fourth-order valence-electron chi connectivity index (χ4n) is 5.46. The average Bonchev–Trinajstić information content (AvgIpc) is 3.28. The van der Waals surface area contributed by atoms with Crippen molar-refractivity contribution in [2.75, 3.05) is 33.9 Å². The van der Waals surface area contributed by atoms with E-state index < -0.39 is 0 Å². The number of rotatable bonds is 6. The van der Waals surface area contributed by atoms with E-state index in [1.165, 1.54) is 51.7 Å². The van der Waals surface area contributed by atoms with Gasteiger partial charge in [-0.1, -0.05) is 31.4 Å². The molecule has 0 unspecified atom stereocenters. The number of nitrogens with zero attached hydrogens (tertiary/aromatic N) is 4. The lowest BCUT2D eigenvalue weighted by Crippen LogP contribution is -2.37. The zero-order chi connectivity index (χ0) is 21.9. The van der Waals surface area contributed by atoms with Crippen LogP contribution in [0.2, 0.25) is 0 Å². The van der Waals surface area contributed by atoms with E-state index in [0.29, 0.717) is 5.92 Å². The number of aromatic nitrogens is 3. The summed E-state index contributed by atoms with van der Waals surface area (Å²) in [6, 6.07) is 10.1. The zero-order valence-corrected chi connectivity index (χ0v) is 19.3. The largest absolute Gasteiger partial charge is 0.493 e. The molecule has 0 spiro atoms. The number of benzene rings is 1. The molecule has 1 aliphatic heterocycles. The maximum Gasteiger partial charge on any atom is 0.168 e. The molecule has 0 bridgehead atoms. The number of fused-ring (bicyclic) bond motifs is 1. The van der Waals surface area contributed by atoms with Crippen LogP contribution in [0.5, 0.6) is 11.5 Å². The Bertz CT molecular complexity index is 1050. The van der Waals surface area contributed by atoms with Crippen LogP contribution in [-0.2, 0) is 0 Å². The van der Waals surface area contributed by atoms with Crippen LogP contribution in [0.25, 0.3) is 16.8 Å². The predicted octanol–water partition coefficient (Wildman–Crippen LogP) is 5.17. The summed E-state index contributed by atoms with van der Waals surface area (Å²) in [7, 11) is 3.34. The van der Waals surface area contributed by atoms with Crippen LogP contribution in [0.15, 0.2) is 36.5 Å². The molecule has 3 aromatic rings. The van der Waals surface area contributed by atoms with Crippen molar-refractivity contribution in [3.8, 4) is 22.6 Å². The zero-order valence-electron chi connectivity index (χ0n) is 19.3. The number of piperidine rings is 1. The lowest BCUT2D eigenvalue weighted by molar-refractivity contribution is 0.162. The predicted molar refractivity (Wildman–Crippen MR) is 127 cm³/mol. The van der Waals surface area contributed by atoms with Crippen LogP contribution in [0.4, 0.5) is 0 Å². The maximum absolute atomic E-state index is 5.62. The molecule has 0 amide bonds. The van der Waals surface area contributed by atoms with Crippen molar-refractivity contribution in [2.24, 2.45) is 5.92 Å². The Morgan fingerprint density at radius 2 is 1.75 bits per heavy atom. The fraction of sp³-hybridized carbons (Fsp3) is 0.538. The Hall–Kier alpha value is -2.60. The normalized spacial score (nSPS) is 18.8. The third-order valence-corrected chi connectivity index (χ3v) is 7.26. The highest BCUT2D eigenvalue weighted by Crippen LogP contribution is 2.38. The molecule has 6 heteroatoms. The van der Waals surface area contributed by atoms with Gasteiger partial charge in [-0.3, -0.25) is 0 Å². The second-order valence-electron chi connectivity index (χ2n) is 9.31. The van der Waals surface area contributed by atoms with E-state index in [0.717, 1.165) is 52.9 Å². The first-order valence-corrected chi connectivity index (χ1v) is 12.0.